The standard InChI is InChI=1S/C22H21F5N4O4/c1-9-3-12(20(26)27)10(2)29-8-31(9)30-7-14(18(32)19(33)17(30)22(29)35)21(34)28-6-13-15(24)4-11(23)5-16(13)25/h4-5,7,9-10,12,20,33H,3,6,8H2,1-2H3,(H,28,34)/t9-,10+,12-/m1/s1. The normalized spacial score (nSPS) is 21.7. The molecule has 0 saturated carbocycles. The molecule has 0 radical (unpaired) electrons. The SMILES string of the molecule is C[C@@H]1C[C@@H](C(F)F)[C@H](C)N2CN1n1cc(C(=O)NCc3c(F)cc(F)cc3F)c(=O)c(O)c1C2=O. The van der Waals surface area contributed by atoms with E-state index >= 15 is 0 Å². The van der Waals surface area contributed by atoms with Crippen LogP contribution in [0.25, 0.3) is 0 Å². The van der Waals surface area contributed by atoms with Crippen LogP contribution in [0, 0.1) is 23.4 Å². The number of alkyl halides is 2. The van der Waals surface area contributed by atoms with Gasteiger partial charge in [0.25, 0.3) is 11.8 Å². The number of rotatable bonds is 4. The van der Waals surface area contributed by atoms with E-state index in [1.807, 2.05) is 0 Å². The lowest BCUT2D eigenvalue weighted by atomic mass is 9.94. The van der Waals surface area contributed by atoms with Crippen LogP contribution in [0.15, 0.2) is 23.1 Å². The van der Waals surface area contributed by atoms with E-state index in [2.05, 4.69) is 5.32 Å². The molecule has 2 aliphatic rings. The predicted molar refractivity (Wildman–Crippen MR) is 112 cm³/mol. The number of carbonyl (C=O) groups is 2. The molecule has 13 heteroatoms. The minimum absolute atomic E-state index is 0.0143. The second-order valence-electron chi connectivity index (χ2n) is 8.62. The Morgan fingerprint density at radius 2 is 1.80 bits per heavy atom. The highest BCUT2D eigenvalue weighted by molar-refractivity contribution is 5.99. The molecule has 2 amide bonds. The van der Waals surface area contributed by atoms with Crippen LogP contribution < -0.4 is 15.8 Å². The molecule has 3 atom stereocenters. The van der Waals surface area contributed by atoms with E-state index < -0.39 is 88.2 Å². The lowest BCUT2D eigenvalue weighted by Crippen LogP contribution is -2.57. The van der Waals surface area contributed by atoms with Crippen molar-refractivity contribution in [3.63, 3.8) is 0 Å². The van der Waals surface area contributed by atoms with Gasteiger partial charge in [-0.2, -0.15) is 0 Å². The van der Waals surface area contributed by atoms with Crippen molar-refractivity contribution in [2.24, 2.45) is 5.92 Å². The van der Waals surface area contributed by atoms with Gasteiger partial charge in [-0.1, -0.05) is 0 Å². The van der Waals surface area contributed by atoms with Crippen molar-refractivity contribution in [3.8, 4) is 5.75 Å². The van der Waals surface area contributed by atoms with Gasteiger partial charge in [-0.05, 0) is 20.3 Å². The van der Waals surface area contributed by atoms with E-state index in [1.165, 1.54) is 11.9 Å². The van der Waals surface area contributed by atoms with Gasteiger partial charge in [0, 0.05) is 48.4 Å². The molecule has 2 bridgehead atoms. The van der Waals surface area contributed by atoms with E-state index in [9.17, 15) is 41.4 Å². The van der Waals surface area contributed by atoms with Crippen LogP contribution in [0.4, 0.5) is 22.0 Å². The van der Waals surface area contributed by atoms with Gasteiger partial charge in [-0.15, -0.1) is 0 Å². The maximum absolute atomic E-state index is 13.9. The molecule has 3 heterocycles. The Labute approximate surface area is 195 Å². The van der Waals surface area contributed by atoms with Crippen LogP contribution in [0.1, 0.15) is 46.7 Å². The van der Waals surface area contributed by atoms with Crippen LogP contribution in [0.5, 0.6) is 5.75 Å². The zero-order valence-electron chi connectivity index (χ0n) is 18.6. The van der Waals surface area contributed by atoms with Crippen molar-refractivity contribution >= 4 is 11.8 Å². The zero-order valence-corrected chi connectivity index (χ0v) is 18.6. The van der Waals surface area contributed by atoms with Gasteiger partial charge < -0.3 is 15.3 Å². The van der Waals surface area contributed by atoms with Crippen molar-refractivity contribution in [3.05, 3.63) is 62.8 Å². The number of fused-ring (bicyclic) bond motifs is 4. The first-order valence-electron chi connectivity index (χ1n) is 10.7. The van der Waals surface area contributed by atoms with Gasteiger partial charge in [0.2, 0.25) is 11.9 Å². The van der Waals surface area contributed by atoms with Crippen LogP contribution in [0.3, 0.4) is 0 Å². The Hall–Kier alpha value is -3.64. The molecule has 0 aliphatic carbocycles. The fourth-order valence-electron chi connectivity index (χ4n) is 4.50. The first kappa shape index (κ1) is 24.5. The summed E-state index contributed by atoms with van der Waals surface area (Å²) in [7, 11) is 0. The van der Waals surface area contributed by atoms with Gasteiger partial charge in [-0.25, -0.2) is 22.0 Å². The van der Waals surface area contributed by atoms with Crippen molar-refractivity contribution in [1.29, 1.82) is 0 Å². The monoisotopic (exact) mass is 500 g/mol. The number of hydrogen-bond acceptors (Lipinski definition) is 5. The number of aromatic hydroxyl groups is 1. The molecule has 1 saturated heterocycles. The van der Waals surface area contributed by atoms with Crippen molar-refractivity contribution in [1.82, 2.24) is 14.9 Å². The number of carbonyl (C=O) groups excluding carboxylic acids is 2. The van der Waals surface area contributed by atoms with Crippen molar-refractivity contribution in [2.75, 3.05) is 11.7 Å². The highest BCUT2D eigenvalue weighted by Gasteiger charge is 2.45. The number of hydrogen-bond donors (Lipinski definition) is 2. The van der Waals surface area contributed by atoms with E-state index in [0.29, 0.717) is 12.1 Å². The maximum atomic E-state index is 13.9. The average Bonchev–Trinajstić information content (AvgIpc) is 2.89. The van der Waals surface area contributed by atoms with E-state index in [0.717, 1.165) is 15.8 Å². The topological polar surface area (TPSA) is 94.9 Å². The molecule has 0 spiro atoms. The molecule has 1 aromatic heterocycles. The Morgan fingerprint density at radius 3 is 2.40 bits per heavy atom. The quantitative estimate of drug-likeness (QED) is 0.629. The number of benzene rings is 1. The molecular formula is C22H21F5N4O4. The first-order valence-corrected chi connectivity index (χ1v) is 10.7. The van der Waals surface area contributed by atoms with E-state index in [-0.39, 0.29) is 13.1 Å². The Balaban J connectivity index is 1.71. The fourth-order valence-corrected chi connectivity index (χ4v) is 4.50. The zero-order chi connectivity index (χ0) is 25.8. The molecule has 188 valence electrons. The molecule has 2 N–H and O–H groups in total. The summed E-state index contributed by atoms with van der Waals surface area (Å²) in [5.74, 6) is -7.86. The summed E-state index contributed by atoms with van der Waals surface area (Å²) >= 11 is 0. The lowest BCUT2D eigenvalue weighted by Gasteiger charge is -2.42. The van der Waals surface area contributed by atoms with Crippen molar-refractivity contribution < 1.29 is 36.6 Å². The van der Waals surface area contributed by atoms with Crippen molar-refractivity contribution in [2.45, 2.75) is 45.3 Å². The van der Waals surface area contributed by atoms with Crippen LogP contribution in [-0.4, -0.2) is 51.7 Å². The molecule has 8 nitrogen and oxygen atoms in total. The average molecular weight is 500 g/mol. The summed E-state index contributed by atoms with van der Waals surface area (Å²) in [6.07, 6.45) is -1.76. The number of aromatic nitrogens is 1. The summed E-state index contributed by atoms with van der Waals surface area (Å²) < 4.78 is 69.3. The smallest absolute Gasteiger partial charge is 0.278 e. The van der Waals surface area contributed by atoms with E-state index in [4.69, 9.17) is 0 Å². The summed E-state index contributed by atoms with van der Waals surface area (Å²) in [6, 6.07) is -0.610. The summed E-state index contributed by atoms with van der Waals surface area (Å²) in [5.41, 5.74) is -3.01. The molecule has 35 heavy (non-hydrogen) atoms. The minimum Gasteiger partial charge on any atom is -0.502 e. The Morgan fingerprint density at radius 1 is 1.17 bits per heavy atom. The molecule has 1 aromatic carbocycles. The maximum Gasteiger partial charge on any atom is 0.278 e. The summed E-state index contributed by atoms with van der Waals surface area (Å²) in [6.45, 7) is 2.22. The number of pyridine rings is 1. The number of halogens is 5. The molecule has 2 aromatic rings. The van der Waals surface area contributed by atoms with Gasteiger partial charge in [0.05, 0.1) is 0 Å². The third-order valence-electron chi connectivity index (χ3n) is 6.54. The Bertz CT molecular complexity index is 1240. The number of nitrogens with zero attached hydrogens (tertiary/aromatic N) is 3. The highest BCUT2D eigenvalue weighted by Crippen LogP contribution is 2.34. The fraction of sp³-hybridized carbons (Fsp3) is 0.409. The predicted octanol–water partition coefficient (Wildman–Crippen LogP) is 2.31. The van der Waals surface area contributed by atoms with Gasteiger partial charge in [0.15, 0.2) is 11.4 Å². The van der Waals surface area contributed by atoms with Gasteiger partial charge >= 0.3 is 0 Å². The lowest BCUT2D eigenvalue weighted by molar-refractivity contribution is 0.0207. The molecule has 0 unspecified atom stereocenters. The third-order valence-corrected chi connectivity index (χ3v) is 6.54. The highest BCUT2D eigenvalue weighted by atomic mass is 19.3. The Kier molecular flexibility index (Phi) is 6.20. The van der Waals surface area contributed by atoms with Gasteiger partial charge in [0.1, 0.15) is 29.7 Å². The van der Waals surface area contributed by atoms with Crippen LogP contribution in [0.2, 0.25) is 0 Å². The molecule has 2 aliphatic heterocycles. The third kappa shape index (κ3) is 4.08. The molecule has 1 fully saturated rings. The first-order chi connectivity index (χ1) is 16.4. The molecule has 4 rings (SSSR count). The van der Waals surface area contributed by atoms with Crippen LogP contribution in [-0.2, 0) is 6.54 Å². The number of nitrogens with one attached hydrogen (secondary N) is 1. The molecular weight excluding hydrogens is 479 g/mol. The minimum atomic E-state index is -2.72. The van der Waals surface area contributed by atoms with E-state index in [1.54, 1.807) is 6.92 Å². The largest absolute Gasteiger partial charge is 0.502 e. The number of amides is 2. The summed E-state index contributed by atoms with van der Waals surface area (Å²) in [5, 5.41) is 14.1. The van der Waals surface area contributed by atoms with Gasteiger partial charge in [-0.3, -0.25) is 24.1 Å². The summed E-state index contributed by atoms with van der Waals surface area (Å²) in [4.78, 5) is 39.6. The second-order valence-corrected chi connectivity index (χ2v) is 8.62. The second kappa shape index (κ2) is 8.86. The van der Waals surface area contributed by atoms with Crippen LogP contribution >= 0.6 is 0 Å².